The van der Waals surface area contributed by atoms with E-state index in [9.17, 15) is 9.59 Å². The lowest BCUT2D eigenvalue weighted by atomic mass is 10.2. The van der Waals surface area contributed by atoms with E-state index in [4.69, 9.17) is 9.84 Å². The number of carbonyl (C=O) groups excluding carboxylic acids is 1. The molecule has 3 unspecified atom stereocenters. The first-order valence-corrected chi connectivity index (χ1v) is 5.58. The van der Waals surface area contributed by atoms with Crippen LogP contribution in [0.2, 0.25) is 0 Å². The van der Waals surface area contributed by atoms with Crippen LogP contribution in [0.5, 0.6) is 0 Å². The van der Waals surface area contributed by atoms with E-state index in [2.05, 4.69) is 17.2 Å². The lowest BCUT2D eigenvalue weighted by Gasteiger charge is -2.14. The average molecular weight is 242 g/mol. The first-order valence-electron chi connectivity index (χ1n) is 5.58. The van der Waals surface area contributed by atoms with Crippen LogP contribution in [0.15, 0.2) is 12.7 Å². The molecule has 0 spiro atoms. The summed E-state index contributed by atoms with van der Waals surface area (Å²) in [5.74, 6) is -0.947. The summed E-state index contributed by atoms with van der Waals surface area (Å²) in [6.07, 6.45) is 1.80. The lowest BCUT2D eigenvalue weighted by Crippen LogP contribution is -2.43. The Morgan fingerprint density at radius 1 is 1.59 bits per heavy atom. The lowest BCUT2D eigenvalue weighted by molar-refractivity contribution is -0.149. The van der Waals surface area contributed by atoms with Crippen molar-refractivity contribution in [3.05, 3.63) is 12.7 Å². The second kappa shape index (κ2) is 6.24. The number of carboxylic acids is 1. The molecule has 0 aromatic carbocycles. The Balaban J connectivity index is 2.21. The molecule has 6 nitrogen and oxygen atoms in total. The van der Waals surface area contributed by atoms with Crippen LogP contribution < -0.4 is 10.6 Å². The molecule has 0 saturated carbocycles. The van der Waals surface area contributed by atoms with Crippen LogP contribution in [0, 0.1) is 0 Å². The van der Waals surface area contributed by atoms with Gasteiger partial charge in [-0.05, 0) is 19.8 Å². The van der Waals surface area contributed by atoms with Gasteiger partial charge in [0.15, 0.2) is 6.10 Å². The fraction of sp³-hybridized carbons (Fsp3) is 0.636. The second-order valence-electron chi connectivity index (χ2n) is 4.04. The largest absolute Gasteiger partial charge is 0.479 e. The van der Waals surface area contributed by atoms with Crippen LogP contribution in [-0.2, 0) is 9.53 Å². The Morgan fingerprint density at radius 3 is 2.82 bits per heavy atom. The van der Waals surface area contributed by atoms with Crippen LogP contribution in [0.1, 0.15) is 19.8 Å². The van der Waals surface area contributed by atoms with Crippen LogP contribution in [-0.4, -0.2) is 41.9 Å². The van der Waals surface area contributed by atoms with E-state index >= 15 is 0 Å². The van der Waals surface area contributed by atoms with E-state index in [0.29, 0.717) is 19.4 Å². The van der Waals surface area contributed by atoms with Crippen molar-refractivity contribution in [2.24, 2.45) is 0 Å². The molecule has 0 radical (unpaired) electrons. The molecule has 0 aromatic heterocycles. The summed E-state index contributed by atoms with van der Waals surface area (Å²) in [4.78, 5) is 22.0. The van der Waals surface area contributed by atoms with Gasteiger partial charge < -0.3 is 20.5 Å². The van der Waals surface area contributed by atoms with Gasteiger partial charge in [0, 0.05) is 12.6 Å². The topological polar surface area (TPSA) is 87.7 Å². The van der Waals surface area contributed by atoms with Crippen molar-refractivity contribution in [1.29, 1.82) is 0 Å². The minimum Gasteiger partial charge on any atom is -0.479 e. The highest BCUT2D eigenvalue weighted by Gasteiger charge is 2.30. The van der Waals surface area contributed by atoms with Gasteiger partial charge in [0.05, 0.1) is 6.10 Å². The zero-order chi connectivity index (χ0) is 12.8. The van der Waals surface area contributed by atoms with Gasteiger partial charge >= 0.3 is 12.0 Å². The summed E-state index contributed by atoms with van der Waals surface area (Å²) < 4.78 is 5.24. The van der Waals surface area contributed by atoms with Crippen molar-refractivity contribution < 1.29 is 19.4 Å². The van der Waals surface area contributed by atoms with Crippen molar-refractivity contribution in [3.63, 3.8) is 0 Å². The molecule has 0 aromatic rings. The van der Waals surface area contributed by atoms with E-state index in [1.165, 1.54) is 0 Å². The van der Waals surface area contributed by atoms with Gasteiger partial charge in [-0.1, -0.05) is 6.08 Å². The monoisotopic (exact) mass is 242 g/mol. The molecule has 0 bridgehead atoms. The van der Waals surface area contributed by atoms with E-state index in [-0.39, 0.29) is 18.2 Å². The fourth-order valence-electron chi connectivity index (χ4n) is 1.56. The quantitative estimate of drug-likeness (QED) is 0.612. The highest BCUT2D eigenvalue weighted by atomic mass is 16.5. The number of rotatable bonds is 5. The summed E-state index contributed by atoms with van der Waals surface area (Å²) in [6, 6.07) is -0.411. The fourth-order valence-corrected chi connectivity index (χ4v) is 1.56. The SMILES string of the molecule is C=CC(C)NC(=O)NCC1CCC(C(=O)O)O1. The minimum absolute atomic E-state index is 0.105. The molecule has 1 aliphatic rings. The summed E-state index contributed by atoms with van der Waals surface area (Å²) >= 11 is 0. The molecule has 1 saturated heterocycles. The van der Waals surface area contributed by atoms with Crippen molar-refractivity contribution in [1.82, 2.24) is 10.6 Å². The Bertz CT molecular complexity index is 306. The number of aliphatic carboxylic acids is 1. The Labute approximate surface area is 100 Å². The number of hydrogen-bond donors (Lipinski definition) is 3. The minimum atomic E-state index is -0.947. The van der Waals surface area contributed by atoms with Crippen molar-refractivity contribution in [2.75, 3.05) is 6.54 Å². The highest BCUT2D eigenvalue weighted by Crippen LogP contribution is 2.18. The van der Waals surface area contributed by atoms with Crippen molar-refractivity contribution in [2.45, 2.75) is 38.0 Å². The summed E-state index contributed by atoms with van der Waals surface area (Å²) in [7, 11) is 0. The smallest absolute Gasteiger partial charge is 0.332 e. The maximum absolute atomic E-state index is 11.3. The predicted molar refractivity (Wildman–Crippen MR) is 61.7 cm³/mol. The van der Waals surface area contributed by atoms with Crippen molar-refractivity contribution >= 4 is 12.0 Å². The second-order valence-corrected chi connectivity index (χ2v) is 4.04. The molecule has 3 atom stereocenters. The molecule has 6 heteroatoms. The van der Waals surface area contributed by atoms with Gasteiger partial charge in [-0.3, -0.25) is 0 Å². The third kappa shape index (κ3) is 4.44. The highest BCUT2D eigenvalue weighted by molar-refractivity contribution is 5.74. The van der Waals surface area contributed by atoms with Gasteiger partial charge in [0.25, 0.3) is 0 Å². The molecule has 1 rings (SSSR count). The van der Waals surface area contributed by atoms with E-state index in [1.807, 2.05) is 0 Å². The molecule has 3 N–H and O–H groups in total. The molecule has 1 heterocycles. The number of urea groups is 1. The predicted octanol–water partition coefficient (Wildman–Crippen LogP) is 0.492. The van der Waals surface area contributed by atoms with Gasteiger partial charge in [0.1, 0.15) is 0 Å². The summed E-state index contributed by atoms with van der Waals surface area (Å²) in [5, 5.41) is 14.0. The molecule has 17 heavy (non-hydrogen) atoms. The standard InChI is InChI=1S/C11H18N2O4/c1-3-7(2)13-11(16)12-6-8-4-5-9(17-8)10(14)15/h3,7-9H,1,4-6H2,2H3,(H,14,15)(H2,12,13,16). The molecule has 0 aliphatic carbocycles. The van der Waals surface area contributed by atoms with Crippen LogP contribution in [0.4, 0.5) is 4.79 Å². The van der Waals surface area contributed by atoms with Crippen molar-refractivity contribution in [3.8, 4) is 0 Å². The van der Waals surface area contributed by atoms with Crippen LogP contribution in [0.3, 0.4) is 0 Å². The van der Waals surface area contributed by atoms with Crippen LogP contribution >= 0.6 is 0 Å². The first-order chi connectivity index (χ1) is 8.02. The maximum Gasteiger partial charge on any atom is 0.332 e. The number of nitrogens with one attached hydrogen (secondary N) is 2. The van der Waals surface area contributed by atoms with Gasteiger partial charge in [-0.15, -0.1) is 6.58 Å². The van der Waals surface area contributed by atoms with E-state index < -0.39 is 12.1 Å². The average Bonchev–Trinajstić information content (AvgIpc) is 2.75. The first kappa shape index (κ1) is 13.5. The van der Waals surface area contributed by atoms with E-state index in [1.54, 1.807) is 13.0 Å². The number of carbonyl (C=O) groups is 2. The number of carboxylic acid groups (broad SMARTS) is 1. The van der Waals surface area contributed by atoms with Crippen LogP contribution in [0.25, 0.3) is 0 Å². The van der Waals surface area contributed by atoms with Gasteiger partial charge in [-0.25, -0.2) is 9.59 Å². The molecular weight excluding hydrogens is 224 g/mol. The third-order valence-corrected chi connectivity index (χ3v) is 2.59. The number of hydrogen-bond acceptors (Lipinski definition) is 3. The zero-order valence-electron chi connectivity index (χ0n) is 9.81. The van der Waals surface area contributed by atoms with Gasteiger partial charge in [0.2, 0.25) is 0 Å². The Hall–Kier alpha value is -1.56. The number of ether oxygens (including phenoxy) is 1. The van der Waals surface area contributed by atoms with E-state index in [0.717, 1.165) is 0 Å². The zero-order valence-corrected chi connectivity index (χ0v) is 9.81. The van der Waals surface area contributed by atoms with Gasteiger partial charge in [-0.2, -0.15) is 0 Å². The normalized spacial score (nSPS) is 25.0. The summed E-state index contributed by atoms with van der Waals surface area (Å²) in [5.41, 5.74) is 0. The molecule has 96 valence electrons. The Morgan fingerprint density at radius 2 is 2.29 bits per heavy atom. The third-order valence-electron chi connectivity index (χ3n) is 2.59. The molecule has 2 amide bonds. The molecule has 1 fully saturated rings. The summed E-state index contributed by atoms with van der Waals surface area (Å²) in [6.45, 7) is 5.67. The molecular formula is C11H18N2O4. The maximum atomic E-state index is 11.3. The Kier molecular flexibility index (Phi) is 4.96. The number of amides is 2. The molecule has 1 aliphatic heterocycles.